The molecule has 1 aromatic rings. The molecule has 0 unspecified atom stereocenters. The monoisotopic (exact) mass is 212 g/mol. The third-order valence-electron chi connectivity index (χ3n) is 2.67. The summed E-state index contributed by atoms with van der Waals surface area (Å²) in [6.07, 6.45) is 3.48. The van der Waals surface area contributed by atoms with Gasteiger partial charge in [0.25, 0.3) is 5.91 Å². The van der Waals surface area contributed by atoms with Crippen molar-refractivity contribution in [1.82, 2.24) is 10.5 Å². The SMILES string of the molecule is O=C(N[C@@H]1CCCC[C@H]1F)c1ccon1. The first-order valence-electron chi connectivity index (χ1n) is 5.12. The maximum absolute atomic E-state index is 13.4. The molecule has 0 spiro atoms. The number of nitrogens with one attached hydrogen (secondary N) is 1. The number of carbonyl (C=O) groups excluding carboxylic acids is 1. The number of nitrogens with zero attached hydrogens (tertiary/aromatic N) is 1. The lowest BCUT2D eigenvalue weighted by atomic mass is 9.93. The second-order valence-corrected chi connectivity index (χ2v) is 3.77. The molecule has 0 radical (unpaired) electrons. The molecule has 1 heterocycles. The number of aromatic nitrogens is 1. The molecule has 82 valence electrons. The molecule has 2 rings (SSSR count). The zero-order valence-electron chi connectivity index (χ0n) is 8.28. The van der Waals surface area contributed by atoms with Gasteiger partial charge in [0.15, 0.2) is 5.69 Å². The van der Waals surface area contributed by atoms with Crippen molar-refractivity contribution in [3.05, 3.63) is 18.0 Å². The molecular weight excluding hydrogens is 199 g/mol. The Hall–Kier alpha value is -1.39. The van der Waals surface area contributed by atoms with Gasteiger partial charge in [-0.3, -0.25) is 4.79 Å². The average Bonchev–Trinajstić information content (AvgIpc) is 2.74. The maximum atomic E-state index is 13.4. The van der Waals surface area contributed by atoms with E-state index in [1.165, 1.54) is 12.3 Å². The first kappa shape index (κ1) is 10.1. The van der Waals surface area contributed by atoms with Crippen molar-refractivity contribution >= 4 is 5.91 Å². The predicted octanol–water partition coefficient (Wildman–Crippen LogP) is 1.69. The second kappa shape index (κ2) is 4.42. The van der Waals surface area contributed by atoms with Gasteiger partial charge < -0.3 is 9.84 Å². The van der Waals surface area contributed by atoms with E-state index < -0.39 is 6.17 Å². The quantitative estimate of drug-likeness (QED) is 0.811. The van der Waals surface area contributed by atoms with Gasteiger partial charge in [-0.05, 0) is 12.8 Å². The summed E-state index contributed by atoms with van der Waals surface area (Å²) in [4.78, 5) is 11.5. The van der Waals surface area contributed by atoms with Crippen molar-refractivity contribution in [2.24, 2.45) is 0 Å². The summed E-state index contributed by atoms with van der Waals surface area (Å²) in [5.74, 6) is -0.363. The summed E-state index contributed by atoms with van der Waals surface area (Å²) in [6, 6.07) is 1.09. The molecule has 15 heavy (non-hydrogen) atoms. The first-order valence-corrected chi connectivity index (χ1v) is 5.12. The van der Waals surface area contributed by atoms with Crippen LogP contribution >= 0.6 is 0 Å². The Bertz CT molecular complexity index is 326. The molecule has 0 aromatic carbocycles. The molecule has 0 aliphatic heterocycles. The highest BCUT2D eigenvalue weighted by molar-refractivity contribution is 5.92. The topological polar surface area (TPSA) is 55.1 Å². The minimum absolute atomic E-state index is 0.202. The summed E-state index contributed by atoms with van der Waals surface area (Å²) in [7, 11) is 0. The number of hydrogen-bond acceptors (Lipinski definition) is 3. The molecule has 1 N–H and O–H groups in total. The summed E-state index contributed by atoms with van der Waals surface area (Å²) in [5.41, 5.74) is 0.202. The Balaban J connectivity index is 1.93. The van der Waals surface area contributed by atoms with Gasteiger partial charge in [-0.15, -0.1) is 0 Å². The van der Waals surface area contributed by atoms with Gasteiger partial charge in [0.1, 0.15) is 12.4 Å². The fourth-order valence-electron chi connectivity index (χ4n) is 1.82. The number of amides is 1. The molecule has 1 aliphatic carbocycles. The molecule has 4 nitrogen and oxygen atoms in total. The number of alkyl halides is 1. The molecule has 1 fully saturated rings. The van der Waals surface area contributed by atoms with E-state index in [1.54, 1.807) is 0 Å². The normalized spacial score (nSPS) is 26.2. The fraction of sp³-hybridized carbons (Fsp3) is 0.600. The Morgan fingerprint density at radius 2 is 2.33 bits per heavy atom. The van der Waals surface area contributed by atoms with E-state index in [-0.39, 0.29) is 17.6 Å². The van der Waals surface area contributed by atoms with Crippen LogP contribution < -0.4 is 5.32 Å². The standard InChI is InChI=1S/C10H13FN2O2/c11-7-3-1-2-4-8(7)12-10(14)9-5-6-15-13-9/h5-8H,1-4H2,(H,12,14)/t7-,8-/m1/s1. The highest BCUT2D eigenvalue weighted by atomic mass is 19.1. The smallest absolute Gasteiger partial charge is 0.273 e. The second-order valence-electron chi connectivity index (χ2n) is 3.77. The molecular formula is C10H13FN2O2. The molecule has 1 saturated carbocycles. The minimum atomic E-state index is -0.936. The Morgan fingerprint density at radius 1 is 1.53 bits per heavy atom. The van der Waals surface area contributed by atoms with E-state index in [0.717, 1.165) is 12.8 Å². The van der Waals surface area contributed by atoms with Gasteiger partial charge >= 0.3 is 0 Å². The summed E-state index contributed by atoms with van der Waals surface area (Å²) in [6.45, 7) is 0. The third-order valence-corrected chi connectivity index (χ3v) is 2.67. The number of carbonyl (C=O) groups is 1. The zero-order chi connectivity index (χ0) is 10.7. The van der Waals surface area contributed by atoms with Crippen molar-refractivity contribution in [3.8, 4) is 0 Å². The van der Waals surface area contributed by atoms with Crippen molar-refractivity contribution in [2.75, 3.05) is 0 Å². The summed E-state index contributed by atoms with van der Waals surface area (Å²) < 4.78 is 17.9. The lowest BCUT2D eigenvalue weighted by Gasteiger charge is -2.26. The van der Waals surface area contributed by atoms with Crippen LogP contribution in [0.3, 0.4) is 0 Å². The van der Waals surface area contributed by atoms with E-state index >= 15 is 0 Å². The van der Waals surface area contributed by atoms with Gasteiger partial charge in [-0.2, -0.15) is 0 Å². The van der Waals surface area contributed by atoms with Crippen molar-refractivity contribution in [3.63, 3.8) is 0 Å². The van der Waals surface area contributed by atoms with E-state index in [4.69, 9.17) is 0 Å². The van der Waals surface area contributed by atoms with E-state index in [0.29, 0.717) is 12.8 Å². The fourth-order valence-corrected chi connectivity index (χ4v) is 1.82. The van der Waals surface area contributed by atoms with E-state index in [1.807, 2.05) is 0 Å². The van der Waals surface area contributed by atoms with Gasteiger partial charge in [-0.25, -0.2) is 4.39 Å². The highest BCUT2D eigenvalue weighted by Gasteiger charge is 2.26. The molecule has 2 atom stereocenters. The third kappa shape index (κ3) is 2.34. The van der Waals surface area contributed by atoms with Gasteiger partial charge in [-0.1, -0.05) is 18.0 Å². The minimum Gasteiger partial charge on any atom is -0.364 e. The summed E-state index contributed by atoms with van der Waals surface area (Å²) in [5, 5.41) is 6.13. The lowest BCUT2D eigenvalue weighted by Crippen LogP contribution is -2.43. The average molecular weight is 212 g/mol. The van der Waals surface area contributed by atoms with Crippen LogP contribution in [0.1, 0.15) is 36.2 Å². The number of halogens is 1. The Kier molecular flexibility index (Phi) is 2.99. The van der Waals surface area contributed by atoms with Crippen LogP contribution in [0, 0.1) is 0 Å². The maximum Gasteiger partial charge on any atom is 0.273 e. The Labute approximate surface area is 86.8 Å². The molecule has 1 aliphatic rings. The summed E-state index contributed by atoms with van der Waals surface area (Å²) >= 11 is 0. The molecule has 1 aromatic heterocycles. The van der Waals surface area contributed by atoms with E-state index in [2.05, 4.69) is 15.0 Å². The first-order chi connectivity index (χ1) is 7.27. The van der Waals surface area contributed by atoms with Crippen LogP contribution in [0.4, 0.5) is 4.39 Å². The van der Waals surface area contributed by atoms with Gasteiger partial charge in [0.2, 0.25) is 0 Å². The van der Waals surface area contributed by atoms with Gasteiger partial charge in [0, 0.05) is 6.07 Å². The Morgan fingerprint density at radius 3 is 3.00 bits per heavy atom. The van der Waals surface area contributed by atoms with Crippen LogP contribution in [0.25, 0.3) is 0 Å². The van der Waals surface area contributed by atoms with Crippen LogP contribution in [-0.2, 0) is 0 Å². The number of rotatable bonds is 2. The largest absolute Gasteiger partial charge is 0.364 e. The lowest BCUT2D eigenvalue weighted by molar-refractivity contribution is 0.0875. The highest BCUT2D eigenvalue weighted by Crippen LogP contribution is 2.21. The number of hydrogen-bond donors (Lipinski definition) is 1. The van der Waals surface area contributed by atoms with Crippen molar-refractivity contribution in [1.29, 1.82) is 0 Å². The molecule has 5 heteroatoms. The van der Waals surface area contributed by atoms with Crippen LogP contribution in [0.5, 0.6) is 0 Å². The molecule has 0 bridgehead atoms. The van der Waals surface area contributed by atoms with E-state index in [9.17, 15) is 9.18 Å². The van der Waals surface area contributed by atoms with Crippen molar-refractivity contribution in [2.45, 2.75) is 37.9 Å². The molecule has 1 amide bonds. The predicted molar refractivity (Wildman–Crippen MR) is 51.1 cm³/mol. The zero-order valence-corrected chi connectivity index (χ0v) is 8.28. The van der Waals surface area contributed by atoms with Crippen molar-refractivity contribution < 1.29 is 13.7 Å². The van der Waals surface area contributed by atoms with Crippen LogP contribution in [0.2, 0.25) is 0 Å². The molecule has 0 saturated heterocycles. The van der Waals surface area contributed by atoms with Crippen LogP contribution in [-0.4, -0.2) is 23.3 Å². The van der Waals surface area contributed by atoms with Crippen LogP contribution in [0.15, 0.2) is 16.9 Å². The van der Waals surface area contributed by atoms with Gasteiger partial charge in [0.05, 0.1) is 6.04 Å².